The highest BCUT2D eigenvalue weighted by Crippen LogP contribution is 2.30. The molecule has 0 bridgehead atoms. The van der Waals surface area contributed by atoms with Gasteiger partial charge >= 0.3 is 0 Å². The van der Waals surface area contributed by atoms with E-state index in [2.05, 4.69) is 11.8 Å². The second kappa shape index (κ2) is 7.76. The van der Waals surface area contributed by atoms with Crippen LogP contribution in [0.4, 0.5) is 5.69 Å². The average molecular weight is 296 g/mol. The van der Waals surface area contributed by atoms with Gasteiger partial charge in [0, 0.05) is 29.4 Å². The van der Waals surface area contributed by atoms with E-state index >= 15 is 0 Å². The van der Waals surface area contributed by atoms with Crippen molar-refractivity contribution in [2.45, 2.75) is 24.8 Å². The Morgan fingerprint density at radius 2 is 2.30 bits per heavy atom. The number of nitrogens with zero attached hydrogens (tertiary/aromatic N) is 1. The molecule has 0 aromatic heterocycles. The Hall–Kier alpha value is -0.910. The van der Waals surface area contributed by atoms with Gasteiger partial charge in [-0.2, -0.15) is 0 Å². The SMILES string of the molecule is CCOc1ccc(N)c(SCC2CN(CC)CCO2)c1. The number of nitrogen functional groups attached to an aromatic ring is 1. The van der Waals surface area contributed by atoms with Crippen LogP contribution in [0.2, 0.25) is 0 Å². The van der Waals surface area contributed by atoms with Crippen LogP contribution in [0.5, 0.6) is 5.75 Å². The molecule has 1 aromatic carbocycles. The fourth-order valence-corrected chi connectivity index (χ4v) is 3.25. The van der Waals surface area contributed by atoms with Crippen molar-refractivity contribution in [3.63, 3.8) is 0 Å². The van der Waals surface area contributed by atoms with Crippen LogP contribution in [0.3, 0.4) is 0 Å². The smallest absolute Gasteiger partial charge is 0.120 e. The lowest BCUT2D eigenvalue weighted by atomic mass is 10.3. The Labute approximate surface area is 125 Å². The minimum absolute atomic E-state index is 0.281. The molecule has 1 fully saturated rings. The molecule has 20 heavy (non-hydrogen) atoms. The second-order valence-corrected chi connectivity index (χ2v) is 5.89. The molecule has 0 saturated carbocycles. The lowest BCUT2D eigenvalue weighted by molar-refractivity contribution is -0.0137. The van der Waals surface area contributed by atoms with Gasteiger partial charge in [-0.25, -0.2) is 0 Å². The van der Waals surface area contributed by atoms with E-state index in [0.29, 0.717) is 6.61 Å². The van der Waals surface area contributed by atoms with Crippen molar-refractivity contribution >= 4 is 17.4 Å². The summed E-state index contributed by atoms with van der Waals surface area (Å²) >= 11 is 1.75. The Morgan fingerprint density at radius 1 is 1.45 bits per heavy atom. The van der Waals surface area contributed by atoms with Crippen molar-refractivity contribution in [3.8, 4) is 5.75 Å². The lowest BCUT2D eigenvalue weighted by Crippen LogP contribution is -2.43. The van der Waals surface area contributed by atoms with Gasteiger partial charge in [-0.05, 0) is 31.7 Å². The van der Waals surface area contributed by atoms with Crippen molar-refractivity contribution in [1.29, 1.82) is 0 Å². The summed E-state index contributed by atoms with van der Waals surface area (Å²) in [5.41, 5.74) is 6.83. The van der Waals surface area contributed by atoms with Crippen molar-refractivity contribution < 1.29 is 9.47 Å². The molecular weight excluding hydrogens is 272 g/mol. The van der Waals surface area contributed by atoms with E-state index in [9.17, 15) is 0 Å². The molecule has 4 nitrogen and oxygen atoms in total. The van der Waals surface area contributed by atoms with Crippen LogP contribution in [0.15, 0.2) is 23.1 Å². The van der Waals surface area contributed by atoms with Crippen LogP contribution in [0, 0.1) is 0 Å². The summed E-state index contributed by atoms with van der Waals surface area (Å²) in [5.74, 6) is 1.81. The Kier molecular flexibility index (Phi) is 6.01. The topological polar surface area (TPSA) is 47.7 Å². The predicted octanol–water partition coefficient (Wildman–Crippen LogP) is 2.48. The van der Waals surface area contributed by atoms with Crippen molar-refractivity contribution in [3.05, 3.63) is 18.2 Å². The van der Waals surface area contributed by atoms with Gasteiger partial charge in [-0.3, -0.25) is 4.90 Å². The van der Waals surface area contributed by atoms with E-state index < -0.39 is 0 Å². The summed E-state index contributed by atoms with van der Waals surface area (Å²) in [5, 5.41) is 0. The number of nitrogens with two attached hydrogens (primary N) is 1. The zero-order valence-corrected chi connectivity index (χ0v) is 13.1. The third-order valence-corrected chi connectivity index (χ3v) is 4.59. The molecule has 0 aliphatic carbocycles. The fourth-order valence-electron chi connectivity index (χ4n) is 2.25. The average Bonchev–Trinajstić information content (AvgIpc) is 2.48. The maximum atomic E-state index is 6.03. The highest BCUT2D eigenvalue weighted by molar-refractivity contribution is 7.99. The number of hydrogen-bond acceptors (Lipinski definition) is 5. The van der Waals surface area contributed by atoms with E-state index in [1.807, 2.05) is 25.1 Å². The predicted molar refractivity (Wildman–Crippen MR) is 84.6 cm³/mol. The van der Waals surface area contributed by atoms with Crippen molar-refractivity contribution in [2.75, 3.05) is 44.3 Å². The monoisotopic (exact) mass is 296 g/mol. The molecule has 1 atom stereocenters. The van der Waals surface area contributed by atoms with Crippen LogP contribution < -0.4 is 10.5 Å². The van der Waals surface area contributed by atoms with Crippen LogP contribution in [-0.4, -0.2) is 49.6 Å². The van der Waals surface area contributed by atoms with Crippen LogP contribution in [-0.2, 0) is 4.74 Å². The number of morpholine rings is 1. The summed E-state index contributed by atoms with van der Waals surface area (Å²) in [6.45, 7) is 8.82. The molecule has 1 aliphatic rings. The third kappa shape index (κ3) is 4.30. The highest BCUT2D eigenvalue weighted by atomic mass is 32.2. The fraction of sp³-hybridized carbons (Fsp3) is 0.600. The Balaban J connectivity index is 1.91. The number of benzene rings is 1. The third-order valence-electron chi connectivity index (χ3n) is 3.39. The van der Waals surface area contributed by atoms with Gasteiger partial charge in [-0.1, -0.05) is 6.92 Å². The molecule has 0 amide bonds. The zero-order valence-electron chi connectivity index (χ0n) is 12.3. The van der Waals surface area contributed by atoms with Crippen LogP contribution in [0.1, 0.15) is 13.8 Å². The van der Waals surface area contributed by atoms with E-state index in [-0.39, 0.29) is 6.10 Å². The summed E-state index contributed by atoms with van der Waals surface area (Å²) < 4.78 is 11.3. The van der Waals surface area contributed by atoms with Gasteiger partial charge in [0.2, 0.25) is 0 Å². The first-order valence-corrected chi connectivity index (χ1v) is 8.20. The Bertz CT molecular complexity index is 428. The number of ether oxygens (including phenoxy) is 2. The first-order chi connectivity index (χ1) is 9.72. The lowest BCUT2D eigenvalue weighted by Gasteiger charge is -2.31. The minimum Gasteiger partial charge on any atom is -0.494 e. The standard InChI is InChI=1S/C15H24N2O2S/c1-3-17-7-8-19-13(10-17)11-20-15-9-12(18-4-2)5-6-14(15)16/h5-6,9,13H,3-4,7-8,10-11,16H2,1-2H3. The van der Waals surface area contributed by atoms with Crippen LogP contribution >= 0.6 is 11.8 Å². The molecule has 0 radical (unpaired) electrons. The summed E-state index contributed by atoms with van der Waals surface area (Å²) in [4.78, 5) is 3.50. The number of thioether (sulfide) groups is 1. The molecular formula is C15H24N2O2S. The zero-order chi connectivity index (χ0) is 14.4. The molecule has 1 aliphatic heterocycles. The Morgan fingerprint density at radius 3 is 3.05 bits per heavy atom. The summed E-state index contributed by atoms with van der Waals surface area (Å²) in [7, 11) is 0. The van der Waals surface area contributed by atoms with Crippen molar-refractivity contribution in [2.24, 2.45) is 0 Å². The molecule has 1 unspecified atom stereocenters. The van der Waals surface area contributed by atoms with Gasteiger partial charge in [0.15, 0.2) is 0 Å². The molecule has 1 heterocycles. The van der Waals surface area contributed by atoms with E-state index in [1.165, 1.54) is 0 Å². The maximum absolute atomic E-state index is 6.03. The molecule has 2 rings (SSSR count). The number of anilines is 1. The highest BCUT2D eigenvalue weighted by Gasteiger charge is 2.19. The molecule has 1 aromatic rings. The molecule has 0 spiro atoms. The van der Waals surface area contributed by atoms with Crippen LogP contribution in [0.25, 0.3) is 0 Å². The van der Waals surface area contributed by atoms with Gasteiger partial charge < -0.3 is 15.2 Å². The number of rotatable bonds is 6. The van der Waals surface area contributed by atoms with E-state index in [1.54, 1.807) is 11.8 Å². The largest absolute Gasteiger partial charge is 0.494 e. The van der Waals surface area contributed by atoms with Gasteiger partial charge in [0.1, 0.15) is 5.75 Å². The normalized spacial score (nSPS) is 20.0. The second-order valence-electron chi connectivity index (χ2n) is 4.83. The van der Waals surface area contributed by atoms with Crippen molar-refractivity contribution in [1.82, 2.24) is 4.90 Å². The van der Waals surface area contributed by atoms with Gasteiger partial charge in [0.25, 0.3) is 0 Å². The van der Waals surface area contributed by atoms with E-state index in [0.717, 1.165) is 48.3 Å². The minimum atomic E-state index is 0.281. The van der Waals surface area contributed by atoms with E-state index in [4.69, 9.17) is 15.2 Å². The molecule has 2 N–H and O–H groups in total. The molecule has 5 heteroatoms. The molecule has 1 saturated heterocycles. The first-order valence-electron chi connectivity index (χ1n) is 7.22. The van der Waals surface area contributed by atoms with Gasteiger partial charge in [-0.15, -0.1) is 11.8 Å². The van der Waals surface area contributed by atoms with Gasteiger partial charge in [0.05, 0.1) is 19.3 Å². The summed E-state index contributed by atoms with van der Waals surface area (Å²) in [6.07, 6.45) is 0.281. The maximum Gasteiger partial charge on any atom is 0.120 e. The number of likely N-dealkylation sites (N-methyl/N-ethyl adjacent to an activating group) is 1. The molecule has 112 valence electrons. The first kappa shape index (κ1) is 15.5. The summed E-state index contributed by atoms with van der Waals surface area (Å²) in [6, 6.07) is 5.84. The number of hydrogen-bond donors (Lipinski definition) is 1. The quantitative estimate of drug-likeness (QED) is 0.645.